The minimum absolute atomic E-state index is 0.284. The Kier molecular flexibility index (Phi) is 5.49. The minimum atomic E-state index is -0.295. The van der Waals surface area contributed by atoms with E-state index in [1.54, 1.807) is 11.8 Å². The van der Waals surface area contributed by atoms with Gasteiger partial charge in [-0.25, -0.2) is 0 Å². The molecule has 2 atom stereocenters. The second-order valence-electron chi connectivity index (χ2n) is 6.38. The lowest BCUT2D eigenvalue weighted by Gasteiger charge is -2.24. The molecule has 128 valence electrons. The van der Waals surface area contributed by atoms with Crippen LogP contribution in [0.3, 0.4) is 0 Å². The predicted octanol–water partition coefficient (Wildman–Crippen LogP) is 4.52. The van der Waals surface area contributed by atoms with Crippen molar-refractivity contribution >= 4 is 23.1 Å². The van der Waals surface area contributed by atoms with Gasteiger partial charge in [-0.3, -0.25) is 0 Å². The molecule has 24 heavy (non-hydrogen) atoms. The van der Waals surface area contributed by atoms with Gasteiger partial charge in [0.05, 0.1) is 23.6 Å². The van der Waals surface area contributed by atoms with E-state index in [2.05, 4.69) is 35.6 Å². The fourth-order valence-electron chi connectivity index (χ4n) is 2.92. The summed E-state index contributed by atoms with van der Waals surface area (Å²) in [6.07, 6.45) is 2.33. The highest BCUT2D eigenvalue weighted by atomic mass is 32.2. The van der Waals surface area contributed by atoms with Crippen molar-refractivity contribution in [1.29, 1.82) is 0 Å². The lowest BCUT2D eigenvalue weighted by molar-refractivity contribution is 0.170. The third-order valence-electron chi connectivity index (χ3n) is 4.49. The molecule has 3 rings (SSSR count). The lowest BCUT2D eigenvalue weighted by atomic mass is 10.0. The van der Waals surface area contributed by atoms with Crippen LogP contribution < -0.4 is 5.32 Å². The highest BCUT2D eigenvalue weighted by Crippen LogP contribution is 2.46. The largest absolute Gasteiger partial charge is 0.393 e. The molecule has 2 aromatic rings. The van der Waals surface area contributed by atoms with Crippen molar-refractivity contribution in [3.8, 4) is 0 Å². The molecule has 4 heteroatoms. The van der Waals surface area contributed by atoms with E-state index in [0.717, 1.165) is 29.8 Å². The summed E-state index contributed by atoms with van der Waals surface area (Å²) in [5, 5.41) is 23.4. The number of hydrogen-bond donors (Lipinski definition) is 3. The average molecular weight is 343 g/mol. The molecule has 2 aromatic carbocycles. The second kappa shape index (κ2) is 7.60. The van der Waals surface area contributed by atoms with Gasteiger partial charge in [0.1, 0.15) is 0 Å². The van der Waals surface area contributed by atoms with Crippen LogP contribution in [0.25, 0.3) is 0 Å². The van der Waals surface area contributed by atoms with E-state index >= 15 is 0 Å². The monoisotopic (exact) mass is 343 g/mol. The lowest BCUT2D eigenvalue weighted by Crippen LogP contribution is -2.11. The standard InChI is InChI=1S/C20H25NO2S/c1-3-15(22)10-13-8-9-19-18(11-13)21-17-7-5-6-14(20(17)24-19)12-16(23)4-2/h5-9,11,15-16,21-23H,3-4,10,12H2,1-2H3. The van der Waals surface area contributed by atoms with Gasteiger partial charge in [0.15, 0.2) is 0 Å². The van der Waals surface area contributed by atoms with Crippen LogP contribution in [0.1, 0.15) is 37.8 Å². The first-order chi connectivity index (χ1) is 11.6. The topological polar surface area (TPSA) is 52.5 Å². The molecule has 0 amide bonds. The fraction of sp³-hybridized carbons (Fsp3) is 0.400. The van der Waals surface area contributed by atoms with Gasteiger partial charge < -0.3 is 15.5 Å². The van der Waals surface area contributed by atoms with Crippen LogP contribution in [0.2, 0.25) is 0 Å². The van der Waals surface area contributed by atoms with E-state index in [4.69, 9.17) is 0 Å². The molecule has 0 aromatic heterocycles. The SMILES string of the molecule is CCC(O)Cc1ccc2c(c1)Nc1cccc(CC(O)CC)c1S2. The van der Waals surface area contributed by atoms with Crippen molar-refractivity contribution in [3.05, 3.63) is 47.5 Å². The summed E-state index contributed by atoms with van der Waals surface area (Å²) in [6.45, 7) is 4.01. The van der Waals surface area contributed by atoms with E-state index in [0.29, 0.717) is 12.8 Å². The molecule has 0 fully saturated rings. The summed E-state index contributed by atoms with van der Waals surface area (Å²) in [6, 6.07) is 12.6. The molecule has 0 spiro atoms. The zero-order valence-electron chi connectivity index (χ0n) is 14.2. The van der Waals surface area contributed by atoms with Crippen LogP contribution >= 0.6 is 11.8 Å². The van der Waals surface area contributed by atoms with Gasteiger partial charge in [0.2, 0.25) is 0 Å². The molecule has 2 unspecified atom stereocenters. The molecule has 1 aliphatic rings. The Morgan fingerprint density at radius 2 is 1.71 bits per heavy atom. The molecule has 0 saturated heterocycles. The minimum Gasteiger partial charge on any atom is -0.393 e. The molecule has 3 N–H and O–H groups in total. The highest BCUT2D eigenvalue weighted by molar-refractivity contribution is 7.99. The quantitative estimate of drug-likeness (QED) is 0.616. The number of hydrogen-bond acceptors (Lipinski definition) is 4. The van der Waals surface area contributed by atoms with Crippen molar-refractivity contribution in [2.45, 2.75) is 61.5 Å². The maximum Gasteiger partial charge on any atom is 0.0578 e. The van der Waals surface area contributed by atoms with Crippen molar-refractivity contribution < 1.29 is 10.2 Å². The van der Waals surface area contributed by atoms with Crippen LogP contribution in [-0.4, -0.2) is 22.4 Å². The highest BCUT2D eigenvalue weighted by Gasteiger charge is 2.20. The van der Waals surface area contributed by atoms with Crippen LogP contribution in [0.4, 0.5) is 11.4 Å². The first-order valence-electron chi connectivity index (χ1n) is 8.66. The molecule has 0 bridgehead atoms. The smallest absolute Gasteiger partial charge is 0.0578 e. The summed E-state index contributed by atoms with van der Waals surface area (Å²) in [4.78, 5) is 2.40. The van der Waals surface area contributed by atoms with E-state index in [-0.39, 0.29) is 12.2 Å². The van der Waals surface area contributed by atoms with Crippen LogP contribution in [0, 0.1) is 0 Å². The number of fused-ring (bicyclic) bond motifs is 2. The third-order valence-corrected chi connectivity index (χ3v) is 5.75. The molecular weight excluding hydrogens is 318 g/mol. The first-order valence-corrected chi connectivity index (χ1v) is 9.48. The summed E-state index contributed by atoms with van der Waals surface area (Å²) < 4.78 is 0. The summed E-state index contributed by atoms with van der Waals surface area (Å²) in [5.74, 6) is 0. The number of nitrogens with one attached hydrogen (secondary N) is 1. The maximum atomic E-state index is 10.00. The zero-order chi connectivity index (χ0) is 17.1. The number of aliphatic hydroxyl groups excluding tert-OH is 2. The van der Waals surface area contributed by atoms with Crippen molar-refractivity contribution in [1.82, 2.24) is 0 Å². The Balaban J connectivity index is 1.85. The Morgan fingerprint density at radius 3 is 2.46 bits per heavy atom. The van der Waals surface area contributed by atoms with Gasteiger partial charge >= 0.3 is 0 Å². The molecule has 3 nitrogen and oxygen atoms in total. The Morgan fingerprint density at radius 1 is 0.958 bits per heavy atom. The molecule has 1 aliphatic heterocycles. The average Bonchev–Trinajstić information content (AvgIpc) is 2.60. The van der Waals surface area contributed by atoms with Crippen molar-refractivity contribution in [3.63, 3.8) is 0 Å². The van der Waals surface area contributed by atoms with Crippen LogP contribution in [0.15, 0.2) is 46.2 Å². The van der Waals surface area contributed by atoms with Gasteiger partial charge in [0.25, 0.3) is 0 Å². The number of aliphatic hydroxyl groups is 2. The predicted molar refractivity (Wildman–Crippen MR) is 100 cm³/mol. The Labute approximate surface area is 148 Å². The fourth-order valence-corrected chi connectivity index (χ4v) is 4.01. The third kappa shape index (κ3) is 3.77. The van der Waals surface area contributed by atoms with E-state index in [9.17, 15) is 10.2 Å². The van der Waals surface area contributed by atoms with E-state index < -0.39 is 0 Å². The van der Waals surface area contributed by atoms with Crippen LogP contribution in [-0.2, 0) is 12.8 Å². The van der Waals surface area contributed by atoms with Gasteiger partial charge in [-0.1, -0.05) is 43.8 Å². The van der Waals surface area contributed by atoms with Gasteiger partial charge in [0, 0.05) is 9.79 Å². The summed E-state index contributed by atoms with van der Waals surface area (Å²) in [5.41, 5.74) is 4.54. The van der Waals surface area contributed by atoms with Gasteiger partial charge in [-0.15, -0.1) is 0 Å². The van der Waals surface area contributed by atoms with E-state index in [1.165, 1.54) is 15.4 Å². The van der Waals surface area contributed by atoms with Gasteiger partial charge in [-0.2, -0.15) is 0 Å². The number of anilines is 2. The molecule has 0 saturated carbocycles. The Hall–Kier alpha value is -1.49. The zero-order valence-corrected chi connectivity index (χ0v) is 15.1. The molecular formula is C20H25NO2S. The number of rotatable bonds is 6. The molecule has 1 heterocycles. The van der Waals surface area contributed by atoms with Crippen molar-refractivity contribution in [2.75, 3.05) is 5.32 Å². The second-order valence-corrected chi connectivity index (χ2v) is 7.44. The molecule has 0 aliphatic carbocycles. The van der Waals surface area contributed by atoms with E-state index in [1.807, 2.05) is 19.9 Å². The Bertz CT molecular complexity index is 717. The van der Waals surface area contributed by atoms with Crippen molar-refractivity contribution in [2.24, 2.45) is 0 Å². The van der Waals surface area contributed by atoms with Crippen LogP contribution in [0.5, 0.6) is 0 Å². The van der Waals surface area contributed by atoms with Gasteiger partial charge in [-0.05, 0) is 55.0 Å². The normalized spacial score (nSPS) is 15.2. The number of benzene rings is 2. The first kappa shape index (κ1) is 17.3. The molecule has 0 radical (unpaired) electrons. The summed E-state index contributed by atoms with van der Waals surface area (Å²) >= 11 is 1.76. The summed E-state index contributed by atoms with van der Waals surface area (Å²) in [7, 11) is 0. The maximum absolute atomic E-state index is 10.00.